The molecule has 0 spiro atoms. The molecule has 2 aliphatic heterocycles. The van der Waals surface area contributed by atoms with Crippen LogP contribution in [0.1, 0.15) is 67.5 Å². The lowest BCUT2D eigenvalue weighted by molar-refractivity contribution is 0.0371. The van der Waals surface area contributed by atoms with Gasteiger partial charge in [-0.25, -0.2) is 9.97 Å². The summed E-state index contributed by atoms with van der Waals surface area (Å²) in [5, 5.41) is 0. The zero-order valence-electron chi connectivity index (χ0n) is 19.6. The molecule has 166 valence electrons. The van der Waals surface area contributed by atoms with Gasteiger partial charge in [0.25, 0.3) is 5.91 Å². The average molecular weight is 430 g/mol. The summed E-state index contributed by atoms with van der Waals surface area (Å²) in [4.78, 5) is 24.0. The molecule has 2 N–H and O–H groups in total. The van der Waals surface area contributed by atoms with Gasteiger partial charge >= 0.3 is 6.92 Å². The van der Waals surface area contributed by atoms with Crippen LogP contribution in [0.3, 0.4) is 0 Å². The van der Waals surface area contributed by atoms with Gasteiger partial charge in [0.1, 0.15) is 5.69 Å². The molecule has 4 rings (SSSR count). The number of hydrogen-bond acceptors (Lipinski definition) is 5. The van der Waals surface area contributed by atoms with E-state index >= 15 is 0 Å². The van der Waals surface area contributed by atoms with Gasteiger partial charge < -0.3 is 15.3 Å². The number of nitrogens with zero attached hydrogens (tertiary/aromatic N) is 3. The molecule has 1 fully saturated rings. The van der Waals surface area contributed by atoms with Crippen molar-refractivity contribution >= 4 is 30.9 Å². The highest BCUT2D eigenvalue weighted by atomic mass is 16.5. The number of anilines is 1. The van der Waals surface area contributed by atoms with Gasteiger partial charge in [-0.3, -0.25) is 4.79 Å². The maximum atomic E-state index is 13.6. The largest absolute Gasteiger partial charge is 0.426 e. The van der Waals surface area contributed by atoms with Crippen molar-refractivity contribution in [1.82, 2.24) is 14.9 Å². The number of rotatable bonds is 4. The summed E-state index contributed by atoms with van der Waals surface area (Å²) >= 11 is 0. The molecule has 7 heteroatoms. The Hall–Kier alpha value is -2.93. The fourth-order valence-electron chi connectivity index (χ4n) is 4.43. The molecular weight excluding hydrogens is 399 g/mol. The Bertz CT molecular complexity index is 1080. The molecular formula is C25H31BN4O2. The molecule has 0 saturated carbocycles. The van der Waals surface area contributed by atoms with Gasteiger partial charge in [-0.15, -0.1) is 0 Å². The fraction of sp³-hybridized carbons (Fsp3) is 0.400. The van der Waals surface area contributed by atoms with Crippen molar-refractivity contribution in [2.75, 3.05) is 5.73 Å². The third kappa shape index (κ3) is 3.86. The van der Waals surface area contributed by atoms with Crippen molar-refractivity contribution in [2.24, 2.45) is 5.41 Å². The number of nitrogens with two attached hydrogens (primary N) is 1. The summed E-state index contributed by atoms with van der Waals surface area (Å²) in [6.07, 6.45) is 4.48. The minimum absolute atomic E-state index is 0.0334. The molecule has 32 heavy (non-hydrogen) atoms. The lowest BCUT2D eigenvalue weighted by Gasteiger charge is -2.34. The molecule has 6 nitrogen and oxygen atoms in total. The maximum absolute atomic E-state index is 13.6. The first-order chi connectivity index (χ1) is 15.0. The first-order valence-corrected chi connectivity index (χ1v) is 11.0. The Kier molecular flexibility index (Phi) is 5.49. The Morgan fingerprint density at radius 3 is 2.34 bits per heavy atom. The Morgan fingerprint density at radius 1 is 1.19 bits per heavy atom. The summed E-state index contributed by atoms with van der Waals surface area (Å²) in [7, 11) is 0. The lowest BCUT2D eigenvalue weighted by atomic mass is 9.54. The van der Waals surface area contributed by atoms with Crippen LogP contribution >= 0.6 is 0 Å². The van der Waals surface area contributed by atoms with E-state index < -0.39 is 0 Å². The van der Waals surface area contributed by atoms with Crippen LogP contribution in [0.25, 0.3) is 12.2 Å². The molecule has 0 aliphatic carbocycles. The number of allylic oxidation sites excluding steroid dienone is 1. The number of fused-ring (bicyclic) bond motifs is 1. The van der Waals surface area contributed by atoms with Crippen molar-refractivity contribution in [3.63, 3.8) is 0 Å². The van der Waals surface area contributed by atoms with E-state index in [1.54, 1.807) is 11.0 Å². The lowest BCUT2D eigenvalue weighted by Crippen LogP contribution is -2.34. The number of carbonyl (C=O) groups excluding carboxylic acids is 1. The smallest absolute Gasteiger partial charge is 0.323 e. The highest BCUT2D eigenvalue weighted by molar-refractivity contribution is 6.62. The first-order valence-electron chi connectivity index (χ1n) is 11.0. The van der Waals surface area contributed by atoms with E-state index in [-0.39, 0.29) is 29.8 Å². The predicted molar refractivity (Wildman–Crippen MR) is 130 cm³/mol. The molecule has 2 aromatic rings. The van der Waals surface area contributed by atoms with E-state index in [2.05, 4.69) is 56.4 Å². The van der Waals surface area contributed by atoms with Gasteiger partial charge in [0, 0.05) is 18.7 Å². The van der Waals surface area contributed by atoms with Crippen molar-refractivity contribution in [3.8, 4) is 0 Å². The van der Waals surface area contributed by atoms with Gasteiger partial charge in [0.05, 0.1) is 11.3 Å². The van der Waals surface area contributed by atoms with Crippen molar-refractivity contribution in [1.29, 1.82) is 0 Å². The summed E-state index contributed by atoms with van der Waals surface area (Å²) in [5.74, 6) is -0.0976. The Morgan fingerprint density at radius 2 is 1.81 bits per heavy atom. The fourth-order valence-corrected chi connectivity index (χ4v) is 4.43. The normalized spacial score (nSPS) is 19.2. The van der Waals surface area contributed by atoms with E-state index in [1.165, 1.54) is 0 Å². The molecule has 2 aliphatic rings. The second kappa shape index (κ2) is 7.89. The van der Waals surface area contributed by atoms with E-state index in [1.807, 2.05) is 25.1 Å². The molecule has 1 saturated heterocycles. The topological polar surface area (TPSA) is 81.3 Å². The standard InChI is InChI=1S/C25H31BN4O2/c1-7-20-19(12-16(2)26-15-24(3,4)25(5,6)32-26)21(29-23(27)28-20)22(31)30-13-17-10-8-9-11-18(17)14-30/h7-12H,1,13-15H2,2-6H3,(H2,27,28,29)/b16-12+. The summed E-state index contributed by atoms with van der Waals surface area (Å²) < 4.78 is 6.38. The zero-order chi connectivity index (χ0) is 23.3. The SMILES string of the molecule is C=Cc1nc(N)nc(C(=O)N2Cc3ccccc3C2)c1/C=C(\C)B1CC(C)(C)C(C)(C)O1. The van der Waals surface area contributed by atoms with Gasteiger partial charge in [-0.2, -0.15) is 0 Å². The van der Waals surface area contributed by atoms with Crippen LogP contribution in [0.2, 0.25) is 6.32 Å². The number of hydrogen-bond donors (Lipinski definition) is 1. The highest BCUT2D eigenvalue weighted by Crippen LogP contribution is 2.47. The summed E-state index contributed by atoms with van der Waals surface area (Å²) in [6.45, 7) is 15.7. The molecule has 3 heterocycles. The number of carbonyl (C=O) groups is 1. The second-order valence-corrected chi connectivity index (χ2v) is 9.96. The van der Waals surface area contributed by atoms with Crippen LogP contribution < -0.4 is 5.73 Å². The predicted octanol–water partition coefficient (Wildman–Crippen LogP) is 4.63. The highest BCUT2D eigenvalue weighted by Gasteiger charge is 2.49. The molecule has 1 aromatic carbocycles. The van der Waals surface area contributed by atoms with Crippen LogP contribution in [0.4, 0.5) is 5.95 Å². The third-order valence-corrected chi connectivity index (χ3v) is 7.16. The molecule has 0 radical (unpaired) electrons. The van der Waals surface area contributed by atoms with Crippen molar-refractivity contribution < 1.29 is 9.45 Å². The quantitative estimate of drug-likeness (QED) is 0.716. The Labute approximate surface area is 190 Å². The zero-order valence-corrected chi connectivity index (χ0v) is 19.6. The van der Waals surface area contributed by atoms with E-state index in [0.717, 1.165) is 22.9 Å². The van der Waals surface area contributed by atoms with Gasteiger partial charge in [0.2, 0.25) is 5.95 Å². The van der Waals surface area contributed by atoms with Gasteiger partial charge in [-0.1, -0.05) is 56.2 Å². The van der Waals surface area contributed by atoms with Crippen LogP contribution in [-0.2, 0) is 17.7 Å². The number of aromatic nitrogens is 2. The van der Waals surface area contributed by atoms with E-state index in [4.69, 9.17) is 10.4 Å². The van der Waals surface area contributed by atoms with Crippen LogP contribution in [-0.4, -0.2) is 33.3 Å². The monoisotopic (exact) mass is 430 g/mol. The molecule has 1 amide bonds. The van der Waals surface area contributed by atoms with Crippen molar-refractivity contribution in [3.05, 3.63) is 64.4 Å². The third-order valence-electron chi connectivity index (χ3n) is 7.16. The molecule has 0 bridgehead atoms. The maximum Gasteiger partial charge on any atom is 0.323 e. The van der Waals surface area contributed by atoms with Gasteiger partial charge in [-0.05, 0) is 49.7 Å². The van der Waals surface area contributed by atoms with Gasteiger partial charge in [0.15, 0.2) is 0 Å². The van der Waals surface area contributed by atoms with Crippen molar-refractivity contribution in [2.45, 2.75) is 59.6 Å². The molecule has 0 unspecified atom stereocenters. The Balaban J connectivity index is 1.71. The van der Waals surface area contributed by atoms with Crippen LogP contribution in [0.15, 0.2) is 36.3 Å². The number of amides is 1. The van der Waals surface area contributed by atoms with E-state index in [0.29, 0.717) is 30.0 Å². The average Bonchev–Trinajstić information content (AvgIpc) is 3.26. The second-order valence-electron chi connectivity index (χ2n) is 9.96. The van der Waals surface area contributed by atoms with E-state index in [9.17, 15) is 4.79 Å². The number of benzene rings is 1. The minimum atomic E-state index is -0.244. The molecule has 0 atom stereocenters. The summed E-state index contributed by atoms with van der Waals surface area (Å²) in [6, 6.07) is 8.09. The molecule has 1 aromatic heterocycles. The van der Waals surface area contributed by atoms with Crippen LogP contribution in [0, 0.1) is 5.41 Å². The minimum Gasteiger partial charge on any atom is -0.426 e. The van der Waals surface area contributed by atoms with Crippen LogP contribution in [0.5, 0.6) is 0 Å². The first kappa shape index (κ1) is 22.3. The number of nitrogen functional groups attached to an aromatic ring is 1. The summed E-state index contributed by atoms with van der Waals surface area (Å²) in [5.41, 5.74) is 10.6.